The van der Waals surface area contributed by atoms with Gasteiger partial charge in [-0.05, 0) is 41.3 Å². The number of ether oxygens (including phenoxy) is 1. The van der Waals surface area contributed by atoms with Gasteiger partial charge in [0.2, 0.25) is 0 Å². The van der Waals surface area contributed by atoms with Crippen LogP contribution in [0.2, 0.25) is 0 Å². The average molecular weight is 403 g/mol. The number of carbonyl (C=O) groups is 2. The molecule has 6 nitrogen and oxygen atoms in total. The summed E-state index contributed by atoms with van der Waals surface area (Å²) in [6.45, 7) is 0.576. The number of nitrogens with one attached hydrogen (secondary N) is 1. The number of esters is 1. The predicted octanol–water partition coefficient (Wildman–Crippen LogP) is 4.46. The van der Waals surface area contributed by atoms with Crippen molar-refractivity contribution >= 4 is 28.9 Å². The number of nitrogens with zero attached hydrogens (tertiary/aromatic N) is 2. The normalized spacial score (nSPS) is 10.5. The van der Waals surface area contributed by atoms with Gasteiger partial charge in [-0.3, -0.25) is 9.48 Å². The number of anilines is 1. The maximum atomic E-state index is 12.4. The lowest BCUT2D eigenvalue weighted by molar-refractivity contribution is 0.0734. The largest absolute Gasteiger partial charge is 0.423 e. The molecule has 2 heterocycles. The molecule has 29 heavy (non-hydrogen) atoms. The van der Waals surface area contributed by atoms with Crippen molar-refractivity contribution in [1.82, 2.24) is 9.78 Å². The lowest BCUT2D eigenvalue weighted by Crippen LogP contribution is -2.10. The van der Waals surface area contributed by atoms with Crippen LogP contribution in [0.15, 0.2) is 84.5 Å². The lowest BCUT2D eigenvalue weighted by atomic mass is 10.2. The minimum absolute atomic E-state index is 0.171. The van der Waals surface area contributed by atoms with Crippen LogP contribution < -0.4 is 10.1 Å². The van der Waals surface area contributed by atoms with Gasteiger partial charge in [0.15, 0.2) is 0 Å². The monoisotopic (exact) mass is 403 g/mol. The molecule has 0 aliphatic heterocycles. The SMILES string of the molecule is O=C(Oc1ccc(NC(=O)c2cccs2)cc1)c1cnn(Cc2ccccc2)c1. The summed E-state index contributed by atoms with van der Waals surface area (Å²) in [5.74, 6) is -0.268. The summed E-state index contributed by atoms with van der Waals surface area (Å²) in [5, 5.41) is 8.86. The molecule has 1 N–H and O–H groups in total. The van der Waals surface area contributed by atoms with E-state index < -0.39 is 5.97 Å². The molecule has 2 aromatic carbocycles. The molecule has 0 aliphatic rings. The third-order valence-electron chi connectivity index (χ3n) is 4.12. The van der Waals surface area contributed by atoms with Gasteiger partial charge in [0.1, 0.15) is 5.75 Å². The smallest absolute Gasteiger partial charge is 0.346 e. The second-order valence-corrected chi connectivity index (χ2v) is 7.21. The van der Waals surface area contributed by atoms with Crippen molar-refractivity contribution in [2.24, 2.45) is 0 Å². The third kappa shape index (κ3) is 4.77. The van der Waals surface area contributed by atoms with Crippen LogP contribution in [-0.2, 0) is 6.54 Å². The first-order valence-electron chi connectivity index (χ1n) is 8.91. The molecule has 0 aliphatic carbocycles. The van der Waals surface area contributed by atoms with E-state index in [0.29, 0.717) is 28.4 Å². The summed E-state index contributed by atoms with van der Waals surface area (Å²) in [6, 6.07) is 20.1. The molecule has 1 amide bonds. The topological polar surface area (TPSA) is 73.2 Å². The Morgan fingerprint density at radius 2 is 1.79 bits per heavy atom. The van der Waals surface area contributed by atoms with Gasteiger partial charge >= 0.3 is 5.97 Å². The zero-order chi connectivity index (χ0) is 20.1. The number of aromatic nitrogens is 2. The Hall–Kier alpha value is -3.71. The van der Waals surface area contributed by atoms with E-state index in [-0.39, 0.29) is 5.91 Å². The molecule has 0 unspecified atom stereocenters. The van der Waals surface area contributed by atoms with E-state index in [9.17, 15) is 9.59 Å². The summed E-state index contributed by atoms with van der Waals surface area (Å²) < 4.78 is 7.08. The van der Waals surface area contributed by atoms with Crippen LogP contribution in [0.25, 0.3) is 0 Å². The Kier molecular flexibility index (Phi) is 5.49. The quantitative estimate of drug-likeness (QED) is 0.381. The second kappa shape index (κ2) is 8.53. The van der Waals surface area contributed by atoms with Gasteiger partial charge in [-0.15, -0.1) is 11.3 Å². The van der Waals surface area contributed by atoms with E-state index in [2.05, 4.69) is 10.4 Å². The van der Waals surface area contributed by atoms with Crippen LogP contribution in [0.4, 0.5) is 5.69 Å². The molecule has 0 saturated carbocycles. The number of rotatable bonds is 6. The first-order chi connectivity index (χ1) is 14.2. The molecule has 144 valence electrons. The molecule has 0 spiro atoms. The van der Waals surface area contributed by atoms with Crippen molar-refractivity contribution in [3.8, 4) is 5.75 Å². The molecule has 0 atom stereocenters. The number of amides is 1. The molecule has 2 aromatic heterocycles. The fraction of sp³-hybridized carbons (Fsp3) is 0.0455. The predicted molar refractivity (Wildman–Crippen MR) is 111 cm³/mol. The Labute approximate surface area is 171 Å². The maximum absolute atomic E-state index is 12.4. The van der Waals surface area contributed by atoms with Gasteiger partial charge in [0, 0.05) is 11.9 Å². The zero-order valence-electron chi connectivity index (χ0n) is 15.3. The minimum atomic E-state index is -0.486. The number of benzene rings is 2. The van der Waals surface area contributed by atoms with Crippen LogP contribution in [0.3, 0.4) is 0 Å². The van der Waals surface area contributed by atoms with Crippen molar-refractivity contribution in [1.29, 1.82) is 0 Å². The van der Waals surface area contributed by atoms with E-state index in [4.69, 9.17) is 4.74 Å². The van der Waals surface area contributed by atoms with Crippen molar-refractivity contribution in [3.63, 3.8) is 0 Å². The van der Waals surface area contributed by atoms with Gasteiger partial charge in [-0.25, -0.2) is 4.79 Å². The van der Waals surface area contributed by atoms with Gasteiger partial charge < -0.3 is 10.1 Å². The second-order valence-electron chi connectivity index (χ2n) is 6.26. The third-order valence-corrected chi connectivity index (χ3v) is 4.99. The van der Waals surface area contributed by atoms with E-state index in [1.165, 1.54) is 17.5 Å². The Bertz CT molecular complexity index is 1100. The molecular formula is C22H17N3O3S. The highest BCUT2D eigenvalue weighted by Crippen LogP contribution is 2.19. The summed E-state index contributed by atoms with van der Waals surface area (Å²) in [5.41, 5.74) is 2.09. The Balaban J connectivity index is 1.35. The average Bonchev–Trinajstić information content (AvgIpc) is 3.42. The zero-order valence-corrected chi connectivity index (χ0v) is 16.1. The fourth-order valence-corrected chi connectivity index (χ4v) is 3.32. The summed E-state index contributed by atoms with van der Waals surface area (Å²) in [7, 11) is 0. The van der Waals surface area contributed by atoms with Crippen LogP contribution >= 0.6 is 11.3 Å². The highest BCUT2D eigenvalue weighted by Gasteiger charge is 2.12. The van der Waals surface area contributed by atoms with Crippen LogP contribution in [0.1, 0.15) is 25.6 Å². The minimum Gasteiger partial charge on any atom is -0.423 e. The van der Waals surface area contributed by atoms with Crippen LogP contribution in [0, 0.1) is 0 Å². The van der Waals surface area contributed by atoms with E-state index in [1.54, 1.807) is 41.2 Å². The molecule has 0 radical (unpaired) electrons. The van der Waals surface area contributed by atoms with Gasteiger partial charge in [0.05, 0.1) is 23.2 Å². The van der Waals surface area contributed by atoms with Gasteiger partial charge in [0.25, 0.3) is 5.91 Å². The number of hydrogen-bond acceptors (Lipinski definition) is 5. The van der Waals surface area contributed by atoms with Crippen molar-refractivity contribution < 1.29 is 14.3 Å². The molecule has 4 aromatic rings. The molecule has 0 fully saturated rings. The summed E-state index contributed by atoms with van der Waals surface area (Å²) in [4.78, 5) is 25.0. The van der Waals surface area contributed by atoms with Crippen molar-refractivity contribution in [2.75, 3.05) is 5.32 Å². The van der Waals surface area contributed by atoms with Gasteiger partial charge in [-0.1, -0.05) is 36.4 Å². The van der Waals surface area contributed by atoms with E-state index in [0.717, 1.165) is 5.56 Å². The van der Waals surface area contributed by atoms with Crippen molar-refractivity contribution in [2.45, 2.75) is 6.54 Å². The Morgan fingerprint density at radius 3 is 2.52 bits per heavy atom. The molecule has 4 rings (SSSR count). The molecular weight excluding hydrogens is 386 g/mol. The van der Waals surface area contributed by atoms with E-state index in [1.807, 2.05) is 41.8 Å². The van der Waals surface area contributed by atoms with Gasteiger partial charge in [-0.2, -0.15) is 5.10 Å². The van der Waals surface area contributed by atoms with Crippen molar-refractivity contribution in [3.05, 3.63) is 101 Å². The first kappa shape index (κ1) is 18.6. The molecule has 7 heteroatoms. The van der Waals surface area contributed by atoms with Crippen LogP contribution in [0.5, 0.6) is 5.75 Å². The Morgan fingerprint density at radius 1 is 1.00 bits per heavy atom. The fourth-order valence-electron chi connectivity index (χ4n) is 2.70. The van der Waals surface area contributed by atoms with E-state index >= 15 is 0 Å². The number of carbonyl (C=O) groups excluding carboxylic acids is 2. The lowest BCUT2D eigenvalue weighted by Gasteiger charge is -2.06. The maximum Gasteiger partial charge on any atom is 0.346 e. The standard InChI is InChI=1S/C22H17N3O3S/c26-21(20-7-4-12-29-20)24-18-8-10-19(11-9-18)28-22(27)17-13-23-25(15-17)14-16-5-2-1-3-6-16/h1-13,15H,14H2,(H,24,26). The number of thiophene rings is 1. The number of hydrogen-bond donors (Lipinski definition) is 1. The molecule has 0 saturated heterocycles. The highest BCUT2D eigenvalue weighted by molar-refractivity contribution is 7.12. The first-order valence-corrected chi connectivity index (χ1v) is 9.79. The highest BCUT2D eigenvalue weighted by atomic mass is 32.1. The molecule has 0 bridgehead atoms. The summed E-state index contributed by atoms with van der Waals surface area (Å²) in [6.07, 6.45) is 3.14. The summed E-state index contributed by atoms with van der Waals surface area (Å²) >= 11 is 1.37. The van der Waals surface area contributed by atoms with Crippen LogP contribution in [-0.4, -0.2) is 21.7 Å².